The quantitative estimate of drug-likeness (QED) is 0.555. The van der Waals surface area contributed by atoms with Gasteiger partial charge in [-0.1, -0.05) is 11.2 Å². The zero-order valence-corrected chi connectivity index (χ0v) is 17.9. The molecule has 0 bridgehead atoms. The third kappa shape index (κ3) is 4.32. The van der Waals surface area contributed by atoms with E-state index in [9.17, 15) is 14.0 Å². The molecule has 0 saturated heterocycles. The van der Waals surface area contributed by atoms with E-state index in [1.807, 2.05) is 0 Å². The Morgan fingerprint density at radius 2 is 2.10 bits per heavy atom. The number of halogens is 1. The number of benzene rings is 1. The van der Waals surface area contributed by atoms with Gasteiger partial charge < -0.3 is 19.3 Å². The molecule has 4 rings (SSSR count). The minimum absolute atomic E-state index is 0.0215. The fourth-order valence-corrected chi connectivity index (χ4v) is 4.86. The van der Waals surface area contributed by atoms with Crippen LogP contribution in [-0.2, 0) is 24.2 Å². The summed E-state index contributed by atoms with van der Waals surface area (Å²) < 4.78 is 29.1. The molecule has 0 fully saturated rings. The van der Waals surface area contributed by atoms with Crippen molar-refractivity contribution in [1.82, 2.24) is 5.16 Å². The molecule has 162 valence electrons. The number of hydrogen-bond donors (Lipinski definition) is 1. The molecule has 1 aromatic carbocycles. The van der Waals surface area contributed by atoms with Crippen LogP contribution in [0, 0.1) is 12.7 Å². The molecule has 2 heterocycles. The predicted octanol–water partition coefficient (Wildman–Crippen LogP) is 4.68. The molecule has 3 aromatic rings. The first kappa shape index (κ1) is 21.0. The summed E-state index contributed by atoms with van der Waals surface area (Å²) in [5.74, 6) is -0.667. The first-order valence-corrected chi connectivity index (χ1v) is 10.7. The van der Waals surface area contributed by atoms with Gasteiger partial charge in [0.15, 0.2) is 5.69 Å². The van der Waals surface area contributed by atoms with Gasteiger partial charge in [0.05, 0.1) is 18.2 Å². The predicted molar refractivity (Wildman–Crippen MR) is 112 cm³/mol. The third-order valence-electron chi connectivity index (χ3n) is 5.17. The van der Waals surface area contributed by atoms with Gasteiger partial charge in [0.1, 0.15) is 28.9 Å². The number of carbonyl (C=O) groups is 2. The van der Waals surface area contributed by atoms with Crippen LogP contribution in [0.25, 0.3) is 0 Å². The van der Waals surface area contributed by atoms with Gasteiger partial charge in [-0.15, -0.1) is 11.3 Å². The number of rotatable bonds is 6. The van der Waals surface area contributed by atoms with Crippen molar-refractivity contribution in [1.29, 1.82) is 0 Å². The first-order chi connectivity index (χ1) is 15.0. The molecule has 0 radical (unpaired) electrons. The van der Waals surface area contributed by atoms with Crippen LogP contribution in [0.15, 0.2) is 28.8 Å². The number of nitrogens with zero attached hydrogens (tertiary/aromatic N) is 1. The second kappa shape index (κ2) is 8.89. The van der Waals surface area contributed by atoms with Crippen LogP contribution in [0.2, 0.25) is 0 Å². The molecule has 0 unspecified atom stereocenters. The lowest BCUT2D eigenvalue weighted by molar-refractivity contribution is 0.0601. The molecule has 0 spiro atoms. The third-order valence-corrected chi connectivity index (χ3v) is 6.37. The van der Waals surface area contributed by atoms with Crippen molar-refractivity contribution in [2.45, 2.75) is 39.2 Å². The van der Waals surface area contributed by atoms with Crippen LogP contribution in [0.1, 0.15) is 55.5 Å². The van der Waals surface area contributed by atoms with Crippen molar-refractivity contribution in [3.63, 3.8) is 0 Å². The molecule has 9 heteroatoms. The molecule has 31 heavy (non-hydrogen) atoms. The summed E-state index contributed by atoms with van der Waals surface area (Å²) >= 11 is 1.39. The summed E-state index contributed by atoms with van der Waals surface area (Å²) in [6.07, 6.45) is 3.69. The lowest BCUT2D eigenvalue weighted by Gasteiger charge is -2.11. The number of esters is 1. The van der Waals surface area contributed by atoms with Gasteiger partial charge in [-0.05, 0) is 50.3 Å². The van der Waals surface area contributed by atoms with E-state index in [-0.39, 0.29) is 12.3 Å². The molecule has 0 saturated carbocycles. The summed E-state index contributed by atoms with van der Waals surface area (Å²) in [4.78, 5) is 26.5. The van der Waals surface area contributed by atoms with E-state index in [2.05, 4.69) is 10.5 Å². The van der Waals surface area contributed by atoms with E-state index >= 15 is 0 Å². The number of nitrogens with one attached hydrogen (secondary N) is 1. The number of thiophene rings is 1. The van der Waals surface area contributed by atoms with Crippen LogP contribution >= 0.6 is 11.3 Å². The van der Waals surface area contributed by atoms with E-state index in [0.717, 1.165) is 36.1 Å². The lowest BCUT2D eigenvalue weighted by Crippen LogP contribution is -2.17. The van der Waals surface area contributed by atoms with Crippen molar-refractivity contribution in [3.8, 4) is 5.75 Å². The number of fused-ring (bicyclic) bond motifs is 1. The summed E-state index contributed by atoms with van der Waals surface area (Å²) in [5.41, 5.74) is 1.86. The van der Waals surface area contributed by atoms with Crippen molar-refractivity contribution in [3.05, 3.63) is 63.1 Å². The van der Waals surface area contributed by atoms with E-state index < -0.39 is 17.7 Å². The number of methoxy groups -OCH3 is 1. The number of aromatic nitrogens is 1. The highest BCUT2D eigenvalue weighted by molar-refractivity contribution is 7.17. The second-order valence-corrected chi connectivity index (χ2v) is 8.28. The molecule has 0 aliphatic heterocycles. The fourth-order valence-electron chi connectivity index (χ4n) is 3.59. The number of hydrogen-bond acceptors (Lipinski definition) is 7. The van der Waals surface area contributed by atoms with Gasteiger partial charge in [0, 0.05) is 10.9 Å². The summed E-state index contributed by atoms with van der Waals surface area (Å²) in [6, 6.07) is 5.72. The smallest absolute Gasteiger partial charge is 0.341 e. The number of anilines is 1. The van der Waals surface area contributed by atoms with Crippen LogP contribution in [-0.4, -0.2) is 24.1 Å². The molecule has 1 amide bonds. The molecule has 1 N–H and O–H groups in total. The number of amides is 1. The minimum atomic E-state index is -0.515. The molecular weight excluding hydrogens is 423 g/mol. The average Bonchev–Trinajstić information content (AvgIpc) is 3.31. The van der Waals surface area contributed by atoms with Crippen molar-refractivity contribution < 1.29 is 28.0 Å². The van der Waals surface area contributed by atoms with Crippen LogP contribution in [0.4, 0.5) is 9.39 Å². The molecule has 1 aliphatic rings. The second-order valence-electron chi connectivity index (χ2n) is 7.17. The number of carbonyl (C=O) groups excluding carboxylic acids is 2. The monoisotopic (exact) mass is 444 g/mol. The zero-order chi connectivity index (χ0) is 22.0. The van der Waals surface area contributed by atoms with E-state index in [4.69, 9.17) is 14.0 Å². The molecular formula is C22H21FN2O5S. The molecule has 2 aromatic heterocycles. The topological polar surface area (TPSA) is 90.7 Å². The van der Waals surface area contributed by atoms with Gasteiger partial charge >= 0.3 is 5.97 Å². The Morgan fingerprint density at radius 3 is 2.87 bits per heavy atom. The maximum Gasteiger partial charge on any atom is 0.341 e. The normalized spacial score (nSPS) is 12.9. The van der Waals surface area contributed by atoms with Crippen molar-refractivity contribution in [2.75, 3.05) is 12.4 Å². The van der Waals surface area contributed by atoms with Crippen LogP contribution in [0.3, 0.4) is 0 Å². The van der Waals surface area contributed by atoms with Gasteiger partial charge in [0.2, 0.25) is 0 Å². The van der Waals surface area contributed by atoms with Gasteiger partial charge in [-0.25, -0.2) is 9.18 Å². The molecule has 0 atom stereocenters. The van der Waals surface area contributed by atoms with Gasteiger partial charge in [-0.2, -0.15) is 0 Å². The Labute approximate surface area is 182 Å². The zero-order valence-electron chi connectivity index (χ0n) is 17.1. The van der Waals surface area contributed by atoms with Gasteiger partial charge in [-0.3, -0.25) is 4.79 Å². The SMILES string of the molecule is COC(=O)c1c(NC(=O)c2noc(C)c2COc2cccc(F)c2)sc2c1CCCC2. The van der Waals surface area contributed by atoms with Crippen molar-refractivity contribution >= 4 is 28.2 Å². The summed E-state index contributed by atoms with van der Waals surface area (Å²) in [7, 11) is 1.32. The highest BCUT2D eigenvalue weighted by Gasteiger charge is 2.29. The first-order valence-electron chi connectivity index (χ1n) is 9.85. The number of ether oxygens (including phenoxy) is 2. The Morgan fingerprint density at radius 1 is 1.29 bits per heavy atom. The van der Waals surface area contributed by atoms with Gasteiger partial charge in [0.25, 0.3) is 5.91 Å². The standard InChI is InChI=1S/C22H21FN2O5S/c1-12-16(11-29-14-7-5-6-13(23)10-14)19(25-30-12)20(26)24-21-18(22(27)28-2)15-8-3-4-9-17(15)31-21/h5-7,10H,3-4,8-9,11H2,1-2H3,(H,24,26). The maximum absolute atomic E-state index is 13.4. The lowest BCUT2D eigenvalue weighted by atomic mass is 9.95. The number of aryl methyl sites for hydroxylation is 2. The van der Waals surface area contributed by atoms with Crippen LogP contribution in [0.5, 0.6) is 5.75 Å². The Bertz CT molecular complexity index is 1140. The maximum atomic E-state index is 13.4. The van der Waals surface area contributed by atoms with Crippen LogP contribution < -0.4 is 10.1 Å². The molecule has 7 nitrogen and oxygen atoms in total. The van der Waals surface area contributed by atoms with E-state index in [1.54, 1.807) is 13.0 Å². The fraction of sp³-hybridized carbons (Fsp3) is 0.318. The highest BCUT2D eigenvalue weighted by atomic mass is 32.1. The van der Waals surface area contributed by atoms with E-state index in [1.165, 1.54) is 36.6 Å². The Kier molecular flexibility index (Phi) is 6.03. The Hall–Kier alpha value is -3.20. The molecule has 1 aliphatic carbocycles. The average molecular weight is 444 g/mol. The van der Waals surface area contributed by atoms with Crippen molar-refractivity contribution in [2.24, 2.45) is 0 Å². The summed E-state index contributed by atoms with van der Waals surface area (Å²) in [5, 5.41) is 7.11. The minimum Gasteiger partial charge on any atom is -0.489 e. The summed E-state index contributed by atoms with van der Waals surface area (Å²) in [6.45, 7) is 1.64. The largest absolute Gasteiger partial charge is 0.489 e. The van der Waals surface area contributed by atoms with E-state index in [0.29, 0.717) is 27.6 Å². The Balaban J connectivity index is 1.57. The highest BCUT2D eigenvalue weighted by Crippen LogP contribution is 2.38.